The molecule has 2 rings (SSSR count). The highest BCUT2D eigenvalue weighted by Crippen LogP contribution is 2.22. The summed E-state index contributed by atoms with van der Waals surface area (Å²) in [4.78, 5) is 18.5. The topological polar surface area (TPSA) is 63.1 Å². The largest absolute Gasteiger partial charge is 0.477 e. The molecule has 0 amide bonds. The number of benzene rings is 1. The van der Waals surface area contributed by atoms with Crippen molar-refractivity contribution in [3.63, 3.8) is 0 Å². The van der Waals surface area contributed by atoms with Crippen molar-refractivity contribution in [2.75, 3.05) is 0 Å². The van der Waals surface area contributed by atoms with E-state index in [1.807, 2.05) is 0 Å². The number of aromatic nitrogens is 2. The van der Waals surface area contributed by atoms with Gasteiger partial charge in [-0.25, -0.2) is 19.2 Å². The number of carboxylic acid groups (broad SMARTS) is 1. The van der Waals surface area contributed by atoms with Crippen LogP contribution in [0.15, 0.2) is 30.5 Å². The van der Waals surface area contributed by atoms with Gasteiger partial charge in [0.05, 0.1) is 5.02 Å². The van der Waals surface area contributed by atoms with Crippen LogP contribution in [0, 0.1) is 5.82 Å². The van der Waals surface area contributed by atoms with E-state index in [4.69, 9.17) is 16.7 Å². The van der Waals surface area contributed by atoms with Crippen molar-refractivity contribution in [2.45, 2.75) is 0 Å². The molecule has 0 spiro atoms. The first kappa shape index (κ1) is 11.5. The van der Waals surface area contributed by atoms with Crippen LogP contribution < -0.4 is 0 Å². The number of aromatic carboxylic acids is 1. The van der Waals surface area contributed by atoms with Crippen molar-refractivity contribution in [3.8, 4) is 11.4 Å². The van der Waals surface area contributed by atoms with Crippen LogP contribution in [-0.2, 0) is 0 Å². The zero-order chi connectivity index (χ0) is 12.4. The zero-order valence-corrected chi connectivity index (χ0v) is 9.15. The molecule has 0 radical (unpaired) electrons. The van der Waals surface area contributed by atoms with E-state index in [1.54, 1.807) is 0 Å². The molecular formula is C11H6ClFN2O2. The first-order valence-corrected chi connectivity index (χ1v) is 4.97. The van der Waals surface area contributed by atoms with E-state index < -0.39 is 11.8 Å². The van der Waals surface area contributed by atoms with Gasteiger partial charge in [0.2, 0.25) is 0 Å². The van der Waals surface area contributed by atoms with Crippen LogP contribution in [0.5, 0.6) is 0 Å². The lowest BCUT2D eigenvalue weighted by Gasteiger charge is -2.02. The minimum Gasteiger partial charge on any atom is -0.477 e. The Labute approximate surface area is 101 Å². The Bertz CT molecular complexity index is 589. The lowest BCUT2D eigenvalue weighted by molar-refractivity contribution is 0.0690. The van der Waals surface area contributed by atoms with E-state index in [-0.39, 0.29) is 16.5 Å². The van der Waals surface area contributed by atoms with Crippen LogP contribution in [0.25, 0.3) is 11.4 Å². The van der Waals surface area contributed by atoms with Gasteiger partial charge in [0, 0.05) is 11.8 Å². The van der Waals surface area contributed by atoms with Gasteiger partial charge in [0.1, 0.15) is 5.82 Å². The van der Waals surface area contributed by atoms with Gasteiger partial charge >= 0.3 is 5.97 Å². The highest BCUT2D eigenvalue weighted by molar-refractivity contribution is 6.31. The number of rotatable bonds is 2. The Morgan fingerprint density at radius 1 is 1.35 bits per heavy atom. The van der Waals surface area contributed by atoms with Crippen LogP contribution in [0.2, 0.25) is 5.02 Å². The Morgan fingerprint density at radius 2 is 2.12 bits per heavy atom. The molecule has 0 saturated heterocycles. The molecule has 1 N–H and O–H groups in total. The monoisotopic (exact) mass is 252 g/mol. The molecule has 0 aliphatic rings. The normalized spacial score (nSPS) is 10.2. The standard InChI is InChI=1S/C11H6ClFN2O2/c12-7-5-6(1-2-8(7)13)10-14-4-3-9(15-10)11(16)17/h1-5H,(H,16,17). The molecule has 1 aromatic carbocycles. The number of hydrogen-bond donors (Lipinski definition) is 1. The predicted octanol–water partition coefficient (Wildman–Crippen LogP) is 2.63. The maximum Gasteiger partial charge on any atom is 0.354 e. The van der Waals surface area contributed by atoms with Crippen LogP contribution in [0.4, 0.5) is 4.39 Å². The third-order valence-corrected chi connectivity index (χ3v) is 2.34. The molecule has 4 nitrogen and oxygen atoms in total. The second-order valence-electron chi connectivity index (χ2n) is 3.20. The summed E-state index contributed by atoms with van der Waals surface area (Å²) in [5, 5.41) is 8.72. The summed E-state index contributed by atoms with van der Waals surface area (Å²) in [6, 6.07) is 5.23. The molecule has 1 heterocycles. The highest BCUT2D eigenvalue weighted by atomic mass is 35.5. The van der Waals surface area contributed by atoms with Crippen molar-refractivity contribution < 1.29 is 14.3 Å². The summed E-state index contributed by atoms with van der Waals surface area (Å²) < 4.78 is 13.0. The molecule has 0 aliphatic heterocycles. The van der Waals surface area contributed by atoms with Gasteiger partial charge < -0.3 is 5.11 Å². The average molecular weight is 253 g/mol. The summed E-state index contributed by atoms with van der Waals surface area (Å²) in [7, 11) is 0. The summed E-state index contributed by atoms with van der Waals surface area (Å²) >= 11 is 5.62. The third-order valence-electron chi connectivity index (χ3n) is 2.05. The van der Waals surface area contributed by atoms with Gasteiger partial charge in [-0.05, 0) is 24.3 Å². The molecule has 0 fully saturated rings. The second-order valence-corrected chi connectivity index (χ2v) is 3.61. The van der Waals surface area contributed by atoms with Gasteiger partial charge in [-0.15, -0.1) is 0 Å². The maximum absolute atomic E-state index is 13.0. The molecule has 1 aromatic heterocycles. The first-order valence-electron chi connectivity index (χ1n) is 4.59. The Hall–Kier alpha value is -2.01. The first-order chi connectivity index (χ1) is 8.08. The van der Waals surface area contributed by atoms with Crippen molar-refractivity contribution in [1.29, 1.82) is 0 Å². The van der Waals surface area contributed by atoms with Gasteiger partial charge in [-0.2, -0.15) is 0 Å². The van der Waals surface area contributed by atoms with Gasteiger partial charge in [0.25, 0.3) is 0 Å². The van der Waals surface area contributed by atoms with Crippen LogP contribution in [-0.4, -0.2) is 21.0 Å². The van der Waals surface area contributed by atoms with E-state index in [0.29, 0.717) is 5.56 Å². The van der Waals surface area contributed by atoms with E-state index in [1.165, 1.54) is 30.5 Å². The second kappa shape index (κ2) is 4.47. The quantitative estimate of drug-likeness (QED) is 0.892. The van der Waals surface area contributed by atoms with Crippen molar-refractivity contribution in [1.82, 2.24) is 9.97 Å². The van der Waals surface area contributed by atoms with Crippen molar-refractivity contribution >= 4 is 17.6 Å². The minimum absolute atomic E-state index is 0.0631. The fourth-order valence-corrected chi connectivity index (χ4v) is 1.43. The summed E-state index contributed by atoms with van der Waals surface area (Å²) in [6.07, 6.45) is 1.32. The molecule has 0 unspecified atom stereocenters. The molecule has 6 heteroatoms. The van der Waals surface area contributed by atoms with Crippen molar-refractivity contribution in [3.05, 3.63) is 47.0 Å². The molecule has 17 heavy (non-hydrogen) atoms. The third kappa shape index (κ3) is 2.39. The minimum atomic E-state index is -1.15. The number of halogens is 2. The summed E-state index contributed by atoms with van der Waals surface area (Å²) in [5.41, 5.74) is 0.329. The number of nitrogens with zero attached hydrogens (tertiary/aromatic N) is 2. The van der Waals surface area contributed by atoms with E-state index >= 15 is 0 Å². The smallest absolute Gasteiger partial charge is 0.354 e. The SMILES string of the molecule is O=C(O)c1ccnc(-c2ccc(F)c(Cl)c2)n1. The van der Waals surface area contributed by atoms with Crippen LogP contribution in [0.1, 0.15) is 10.5 Å². The van der Waals surface area contributed by atoms with E-state index in [9.17, 15) is 9.18 Å². The Balaban J connectivity index is 2.49. The number of carbonyl (C=O) groups is 1. The molecule has 0 atom stereocenters. The maximum atomic E-state index is 13.0. The van der Waals surface area contributed by atoms with Gasteiger partial charge in [-0.1, -0.05) is 11.6 Å². The molecule has 86 valence electrons. The van der Waals surface area contributed by atoms with Crippen molar-refractivity contribution in [2.24, 2.45) is 0 Å². The molecular weight excluding hydrogens is 247 g/mol. The predicted molar refractivity (Wildman–Crippen MR) is 59.4 cm³/mol. The van der Waals surface area contributed by atoms with E-state index in [0.717, 1.165) is 0 Å². The van der Waals surface area contributed by atoms with E-state index in [2.05, 4.69) is 9.97 Å². The molecule has 0 aliphatic carbocycles. The average Bonchev–Trinajstić information content (AvgIpc) is 2.33. The highest BCUT2D eigenvalue weighted by Gasteiger charge is 2.09. The van der Waals surface area contributed by atoms with Crippen LogP contribution >= 0.6 is 11.6 Å². The summed E-state index contributed by atoms with van der Waals surface area (Å²) in [6.45, 7) is 0. The molecule has 0 saturated carbocycles. The number of carboxylic acids is 1. The summed E-state index contributed by atoms with van der Waals surface area (Å²) in [5.74, 6) is -1.52. The van der Waals surface area contributed by atoms with Crippen LogP contribution in [0.3, 0.4) is 0 Å². The van der Waals surface area contributed by atoms with Gasteiger partial charge in [-0.3, -0.25) is 0 Å². The Morgan fingerprint density at radius 3 is 2.76 bits per heavy atom. The lowest BCUT2D eigenvalue weighted by atomic mass is 10.2. The Kier molecular flexibility index (Phi) is 3.01. The lowest BCUT2D eigenvalue weighted by Crippen LogP contribution is -2.02. The fraction of sp³-hybridized carbons (Fsp3) is 0. The fourth-order valence-electron chi connectivity index (χ4n) is 1.25. The zero-order valence-electron chi connectivity index (χ0n) is 8.39. The number of hydrogen-bond acceptors (Lipinski definition) is 3. The molecule has 2 aromatic rings. The van der Waals surface area contributed by atoms with Gasteiger partial charge in [0.15, 0.2) is 11.5 Å². The molecule has 0 bridgehead atoms.